The van der Waals surface area contributed by atoms with Crippen molar-refractivity contribution in [3.63, 3.8) is 0 Å². The van der Waals surface area contributed by atoms with Crippen molar-refractivity contribution < 1.29 is 4.79 Å². The lowest BCUT2D eigenvalue weighted by molar-refractivity contribution is -0.117. The van der Waals surface area contributed by atoms with Gasteiger partial charge >= 0.3 is 0 Å². The van der Waals surface area contributed by atoms with E-state index >= 15 is 0 Å². The molecule has 4 rings (SSSR count). The van der Waals surface area contributed by atoms with Crippen LogP contribution in [0, 0.1) is 0 Å². The molecule has 140 valence electrons. The van der Waals surface area contributed by atoms with E-state index in [-0.39, 0.29) is 5.91 Å². The molecule has 3 aromatic rings. The quantitative estimate of drug-likeness (QED) is 0.626. The Bertz CT molecular complexity index is 907. The van der Waals surface area contributed by atoms with Crippen molar-refractivity contribution in [2.45, 2.75) is 23.7 Å². The van der Waals surface area contributed by atoms with Crippen LogP contribution in [-0.2, 0) is 4.79 Å². The molecule has 0 spiro atoms. The second kappa shape index (κ2) is 8.42. The molecule has 1 aromatic heterocycles. The van der Waals surface area contributed by atoms with Gasteiger partial charge in [0.05, 0.1) is 27.5 Å². The number of likely N-dealkylation sites (tertiary alicyclic amines) is 1. The first kappa shape index (κ1) is 18.5. The zero-order valence-corrected chi connectivity index (χ0v) is 17.0. The van der Waals surface area contributed by atoms with E-state index in [0.717, 1.165) is 42.0 Å². The van der Waals surface area contributed by atoms with Gasteiger partial charge in [-0.05, 0) is 49.9 Å². The summed E-state index contributed by atoms with van der Waals surface area (Å²) in [6.45, 7) is 2.31. The van der Waals surface area contributed by atoms with Crippen molar-refractivity contribution in [2.24, 2.45) is 0 Å². The molecule has 0 unspecified atom stereocenters. The van der Waals surface area contributed by atoms with Crippen LogP contribution in [0.3, 0.4) is 0 Å². The molecule has 0 bridgehead atoms. The van der Waals surface area contributed by atoms with Crippen LogP contribution in [0.1, 0.15) is 23.8 Å². The number of fused-ring (bicyclic) bond motifs is 1. The molecular formula is C21H23N3OS2. The van der Waals surface area contributed by atoms with Gasteiger partial charge in [-0.3, -0.25) is 9.69 Å². The van der Waals surface area contributed by atoms with Crippen LogP contribution in [0.25, 0.3) is 10.2 Å². The number of rotatable bonds is 5. The second-order valence-electron chi connectivity index (χ2n) is 6.84. The molecule has 27 heavy (non-hydrogen) atoms. The van der Waals surface area contributed by atoms with E-state index < -0.39 is 0 Å². The normalized spacial score (nSPS) is 17.9. The van der Waals surface area contributed by atoms with E-state index in [4.69, 9.17) is 4.98 Å². The van der Waals surface area contributed by atoms with Crippen molar-refractivity contribution in [3.8, 4) is 0 Å². The van der Waals surface area contributed by atoms with E-state index in [9.17, 15) is 4.79 Å². The fourth-order valence-electron chi connectivity index (χ4n) is 3.61. The fourth-order valence-corrected chi connectivity index (χ4v) is 5.25. The molecule has 0 saturated carbocycles. The third-order valence-corrected chi connectivity index (χ3v) is 6.91. The molecule has 0 radical (unpaired) electrons. The van der Waals surface area contributed by atoms with Gasteiger partial charge in [0.1, 0.15) is 0 Å². The van der Waals surface area contributed by atoms with Crippen molar-refractivity contribution in [1.82, 2.24) is 9.88 Å². The van der Waals surface area contributed by atoms with E-state index in [2.05, 4.69) is 28.4 Å². The highest BCUT2D eigenvalue weighted by molar-refractivity contribution is 7.98. The number of piperidine rings is 1. The Hall–Kier alpha value is -1.89. The first-order valence-corrected chi connectivity index (χ1v) is 11.3. The first-order chi connectivity index (χ1) is 13.2. The Morgan fingerprint density at radius 3 is 2.93 bits per heavy atom. The van der Waals surface area contributed by atoms with Crippen LogP contribution >= 0.6 is 23.1 Å². The van der Waals surface area contributed by atoms with Gasteiger partial charge in [-0.25, -0.2) is 4.98 Å². The lowest BCUT2D eigenvalue weighted by Crippen LogP contribution is -2.39. The molecule has 1 N–H and O–H groups in total. The number of anilines is 1. The smallest absolute Gasteiger partial charge is 0.238 e. The number of hydrogen-bond donors (Lipinski definition) is 1. The molecule has 2 heterocycles. The zero-order valence-electron chi connectivity index (χ0n) is 15.4. The Balaban J connectivity index is 1.40. The van der Waals surface area contributed by atoms with Crippen LogP contribution in [-0.4, -0.2) is 41.7 Å². The molecule has 1 fully saturated rings. The maximum atomic E-state index is 12.6. The summed E-state index contributed by atoms with van der Waals surface area (Å²) in [7, 11) is 0. The number of hydrogen-bond acceptors (Lipinski definition) is 5. The Morgan fingerprint density at radius 2 is 2.07 bits per heavy atom. The van der Waals surface area contributed by atoms with Crippen LogP contribution in [0.5, 0.6) is 0 Å². The van der Waals surface area contributed by atoms with Crippen molar-refractivity contribution in [3.05, 3.63) is 53.5 Å². The number of nitrogens with zero attached hydrogens (tertiary/aromatic N) is 2. The topological polar surface area (TPSA) is 45.2 Å². The summed E-state index contributed by atoms with van der Waals surface area (Å²) in [4.78, 5) is 20.7. The monoisotopic (exact) mass is 397 g/mol. The summed E-state index contributed by atoms with van der Waals surface area (Å²) in [6.07, 6.45) is 4.28. The number of aromatic nitrogens is 1. The minimum Gasteiger partial charge on any atom is -0.324 e. The van der Waals surface area contributed by atoms with Gasteiger partial charge in [-0.1, -0.05) is 24.3 Å². The number of thioether (sulfide) groups is 1. The lowest BCUT2D eigenvalue weighted by Gasteiger charge is -2.31. The van der Waals surface area contributed by atoms with Gasteiger partial charge in [0, 0.05) is 17.4 Å². The number of carbonyl (C=O) groups is 1. The van der Waals surface area contributed by atoms with Crippen LogP contribution in [0.4, 0.5) is 5.69 Å². The molecule has 1 saturated heterocycles. The lowest BCUT2D eigenvalue weighted by atomic mass is 9.99. The largest absolute Gasteiger partial charge is 0.324 e. The Kier molecular flexibility index (Phi) is 5.76. The standard InChI is InChI=1S/C21H23N3OS2/c1-26-18-10-4-2-8-16(18)22-20(25)14-24-12-6-7-15(13-24)21-23-17-9-3-5-11-19(17)27-21/h2-5,8-11,15H,6-7,12-14H2,1H3,(H,22,25)/t15-/m1/s1. The minimum absolute atomic E-state index is 0.0569. The molecule has 2 aromatic carbocycles. The van der Waals surface area contributed by atoms with Gasteiger partial charge in [0.25, 0.3) is 0 Å². The molecule has 4 nitrogen and oxygen atoms in total. The van der Waals surface area contributed by atoms with Gasteiger partial charge in [0.2, 0.25) is 5.91 Å². The highest BCUT2D eigenvalue weighted by Crippen LogP contribution is 2.33. The third kappa shape index (κ3) is 4.34. The van der Waals surface area contributed by atoms with E-state index in [0.29, 0.717) is 12.5 Å². The number of nitrogens with one attached hydrogen (secondary N) is 1. The van der Waals surface area contributed by atoms with E-state index in [1.54, 1.807) is 23.1 Å². The van der Waals surface area contributed by atoms with Gasteiger partial charge in [-0.15, -0.1) is 23.1 Å². The highest BCUT2D eigenvalue weighted by atomic mass is 32.2. The average molecular weight is 398 g/mol. The van der Waals surface area contributed by atoms with Crippen LogP contribution in [0.15, 0.2) is 53.4 Å². The Labute approximate surface area is 168 Å². The molecule has 6 heteroatoms. The third-order valence-electron chi connectivity index (χ3n) is 4.91. The van der Waals surface area contributed by atoms with Gasteiger partial charge in [0.15, 0.2) is 0 Å². The summed E-state index contributed by atoms with van der Waals surface area (Å²) in [5, 5.41) is 4.27. The summed E-state index contributed by atoms with van der Waals surface area (Å²) in [6, 6.07) is 16.3. The number of carbonyl (C=O) groups excluding carboxylic acids is 1. The van der Waals surface area contributed by atoms with Crippen LogP contribution in [0.2, 0.25) is 0 Å². The molecule has 1 atom stereocenters. The summed E-state index contributed by atoms with van der Waals surface area (Å²) in [5.41, 5.74) is 1.98. The number of para-hydroxylation sites is 2. The van der Waals surface area contributed by atoms with Crippen molar-refractivity contribution >= 4 is 44.9 Å². The van der Waals surface area contributed by atoms with Gasteiger partial charge < -0.3 is 5.32 Å². The van der Waals surface area contributed by atoms with E-state index in [1.165, 1.54) is 9.71 Å². The average Bonchev–Trinajstić information content (AvgIpc) is 3.13. The summed E-state index contributed by atoms with van der Waals surface area (Å²) in [5.74, 6) is 0.476. The summed E-state index contributed by atoms with van der Waals surface area (Å²) < 4.78 is 1.25. The predicted molar refractivity (Wildman–Crippen MR) is 115 cm³/mol. The predicted octanol–water partition coefficient (Wildman–Crippen LogP) is 4.84. The molecule has 0 aliphatic carbocycles. The molecular weight excluding hydrogens is 374 g/mol. The highest BCUT2D eigenvalue weighted by Gasteiger charge is 2.25. The zero-order chi connectivity index (χ0) is 18.6. The molecule has 1 aliphatic rings. The first-order valence-electron chi connectivity index (χ1n) is 9.23. The minimum atomic E-state index is 0.0569. The van der Waals surface area contributed by atoms with E-state index in [1.807, 2.05) is 36.6 Å². The summed E-state index contributed by atoms with van der Waals surface area (Å²) >= 11 is 3.44. The van der Waals surface area contributed by atoms with Crippen molar-refractivity contribution in [1.29, 1.82) is 0 Å². The van der Waals surface area contributed by atoms with Crippen LogP contribution < -0.4 is 5.32 Å². The second-order valence-corrected chi connectivity index (χ2v) is 8.75. The molecule has 1 aliphatic heterocycles. The maximum absolute atomic E-state index is 12.6. The molecule has 1 amide bonds. The maximum Gasteiger partial charge on any atom is 0.238 e. The number of benzene rings is 2. The fraction of sp³-hybridized carbons (Fsp3) is 0.333. The van der Waals surface area contributed by atoms with Gasteiger partial charge in [-0.2, -0.15) is 0 Å². The SMILES string of the molecule is CSc1ccccc1NC(=O)CN1CCC[C@@H](c2nc3ccccc3s2)C1. The van der Waals surface area contributed by atoms with Crippen molar-refractivity contribution in [2.75, 3.05) is 31.2 Å². The number of amides is 1. The Morgan fingerprint density at radius 1 is 1.26 bits per heavy atom. The number of thiazole rings is 1.